The van der Waals surface area contributed by atoms with Crippen molar-refractivity contribution in [2.45, 2.75) is 50.7 Å². The van der Waals surface area contributed by atoms with Crippen molar-refractivity contribution in [1.82, 2.24) is 10.2 Å². The topological polar surface area (TPSA) is 41.6 Å². The molecule has 1 saturated carbocycles. The van der Waals surface area contributed by atoms with Crippen LogP contribution in [0.4, 0.5) is 4.39 Å². The number of hydrogen-bond acceptors (Lipinski definition) is 3. The highest BCUT2D eigenvalue weighted by atomic mass is 19.1. The van der Waals surface area contributed by atoms with E-state index in [1.807, 2.05) is 11.0 Å². The fraction of sp³-hybridized carbons (Fsp3) is 0.611. The van der Waals surface area contributed by atoms with Crippen LogP contribution < -0.4 is 5.32 Å². The van der Waals surface area contributed by atoms with Crippen LogP contribution in [0.3, 0.4) is 0 Å². The number of morpholine rings is 1. The third kappa shape index (κ3) is 4.52. The lowest BCUT2D eigenvalue weighted by Crippen LogP contribution is -2.46. The Labute approximate surface area is 137 Å². The lowest BCUT2D eigenvalue weighted by Gasteiger charge is -2.32. The number of carbonyl (C=O) groups is 1. The fourth-order valence-electron chi connectivity index (χ4n) is 3.55. The average Bonchev–Trinajstić information content (AvgIpc) is 3.07. The smallest absolute Gasteiger partial charge is 0.224 e. The van der Waals surface area contributed by atoms with Crippen LogP contribution >= 0.6 is 0 Å². The molecule has 1 amide bonds. The third-order valence-corrected chi connectivity index (χ3v) is 4.75. The molecular weight excluding hydrogens is 295 g/mol. The van der Waals surface area contributed by atoms with Crippen LogP contribution in [-0.4, -0.2) is 42.6 Å². The quantitative estimate of drug-likeness (QED) is 0.906. The second kappa shape index (κ2) is 7.88. The van der Waals surface area contributed by atoms with Crippen LogP contribution in [0.2, 0.25) is 0 Å². The molecule has 1 heterocycles. The largest absolute Gasteiger partial charge is 0.378 e. The monoisotopic (exact) mass is 320 g/mol. The van der Waals surface area contributed by atoms with Gasteiger partial charge in [-0.25, -0.2) is 4.39 Å². The van der Waals surface area contributed by atoms with E-state index < -0.39 is 0 Å². The van der Waals surface area contributed by atoms with Gasteiger partial charge in [-0.3, -0.25) is 4.79 Å². The SMILES string of the molecule is O=C(CC1COCCN1)N(Cc1cccc(F)c1)C1CCCC1. The van der Waals surface area contributed by atoms with Crippen LogP contribution in [0, 0.1) is 5.82 Å². The molecule has 1 aromatic rings. The molecule has 0 radical (unpaired) electrons. The summed E-state index contributed by atoms with van der Waals surface area (Å²) in [6.45, 7) is 2.59. The van der Waals surface area contributed by atoms with Gasteiger partial charge in [-0.1, -0.05) is 25.0 Å². The van der Waals surface area contributed by atoms with Crippen molar-refractivity contribution < 1.29 is 13.9 Å². The van der Waals surface area contributed by atoms with E-state index in [4.69, 9.17) is 4.74 Å². The molecule has 0 bridgehead atoms. The number of carbonyl (C=O) groups excluding carboxylic acids is 1. The minimum absolute atomic E-state index is 0.0904. The Balaban J connectivity index is 1.68. The lowest BCUT2D eigenvalue weighted by atomic mass is 10.1. The van der Waals surface area contributed by atoms with E-state index in [1.54, 1.807) is 6.07 Å². The van der Waals surface area contributed by atoms with Gasteiger partial charge < -0.3 is 15.0 Å². The van der Waals surface area contributed by atoms with Gasteiger partial charge in [-0.05, 0) is 30.5 Å². The normalized spacial score (nSPS) is 22.2. The van der Waals surface area contributed by atoms with Gasteiger partial charge in [0.25, 0.3) is 0 Å². The first-order valence-corrected chi connectivity index (χ1v) is 8.57. The highest BCUT2D eigenvalue weighted by Gasteiger charge is 2.28. The number of nitrogens with one attached hydrogen (secondary N) is 1. The number of benzene rings is 1. The molecule has 1 aliphatic heterocycles. The minimum atomic E-state index is -0.247. The maximum Gasteiger partial charge on any atom is 0.224 e. The van der Waals surface area contributed by atoms with Gasteiger partial charge in [-0.2, -0.15) is 0 Å². The Morgan fingerprint density at radius 1 is 1.35 bits per heavy atom. The summed E-state index contributed by atoms with van der Waals surface area (Å²) >= 11 is 0. The zero-order valence-corrected chi connectivity index (χ0v) is 13.5. The van der Waals surface area contributed by atoms with Crippen molar-refractivity contribution in [2.75, 3.05) is 19.8 Å². The Morgan fingerprint density at radius 2 is 2.17 bits per heavy atom. The minimum Gasteiger partial charge on any atom is -0.378 e. The van der Waals surface area contributed by atoms with Crippen LogP contribution in [-0.2, 0) is 16.1 Å². The molecule has 0 spiro atoms. The molecule has 23 heavy (non-hydrogen) atoms. The molecular formula is C18H25FN2O2. The summed E-state index contributed by atoms with van der Waals surface area (Å²) in [7, 11) is 0. The van der Waals surface area contributed by atoms with Crippen LogP contribution in [0.1, 0.15) is 37.7 Å². The average molecular weight is 320 g/mol. The summed E-state index contributed by atoms with van der Waals surface area (Å²) in [5, 5.41) is 3.34. The second-order valence-electron chi connectivity index (χ2n) is 6.52. The molecule has 0 aromatic heterocycles. The Bertz CT molecular complexity index is 526. The van der Waals surface area contributed by atoms with Gasteiger partial charge in [-0.15, -0.1) is 0 Å². The highest BCUT2D eigenvalue weighted by Crippen LogP contribution is 2.26. The van der Waals surface area contributed by atoms with Gasteiger partial charge in [0.2, 0.25) is 5.91 Å². The number of rotatable bonds is 5. The molecule has 1 atom stereocenters. The van der Waals surface area contributed by atoms with Crippen molar-refractivity contribution >= 4 is 5.91 Å². The second-order valence-corrected chi connectivity index (χ2v) is 6.52. The number of ether oxygens (including phenoxy) is 1. The molecule has 2 aliphatic rings. The summed E-state index contributed by atoms with van der Waals surface area (Å²) in [4.78, 5) is 14.8. The molecule has 2 fully saturated rings. The van der Waals surface area contributed by atoms with Gasteiger partial charge in [0.1, 0.15) is 5.82 Å². The van der Waals surface area contributed by atoms with Crippen LogP contribution in [0.5, 0.6) is 0 Å². The summed E-state index contributed by atoms with van der Waals surface area (Å²) in [5.41, 5.74) is 0.859. The van der Waals surface area contributed by atoms with E-state index >= 15 is 0 Å². The van der Waals surface area contributed by atoms with Crippen LogP contribution in [0.15, 0.2) is 24.3 Å². The Morgan fingerprint density at radius 3 is 2.87 bits per heavy atom. The fourth-order valence-corrected chi connectivity index (χ4v) is 3.55. The first-order valence-electron chi connectivity index (χ1n) is 8.57. The molecule has 3 rings (SSSR count). The van der Waals surface area contributed by atoms with E-state index in [2.05, 4.69) is 5.32 Å². The summed E-state index contributed by atoms with van der Waals surface area (Å²) in [6.07, 6.45) is 4.89. The number of halogens is 1. The maximum atomic E-state index is 13.4. The first-order chi connectivity index (χ1) is 11.2. The predicted molar refractivity (Wildman–Crippen MR) is 86.4 cm³/mol. The molecule has 1 N–H and O–H groups in total. The number of amides is 1. The zero-order valence-electron chi connectivity index (χ0n) is 13.5. The maximum absolute atomic E-state index is 13.4. The Hall–Kier alpha value is -1.46. The molecule has 1 unspecified atom stereocenters. The van der Waals surface area contributed by atoms with E-state index in [0.29, 0.717) is 26.2 Å². The van der Waals surface area contributed by atoms with E-state index in [1.165, 1.54) is 25.0 Å². The van der Waals surface area contributed by atoms with E-state index in [-0.39, 0.29) is 23.8 Å². The lowest BCUT2D eigenvalue weighted by molar-refractivity contribution is -0.135. The van der Waals surface area contributed by atoms with E-state index in [9.17, 15) is 9.18 Å². The summed E-state index contributed by atoms with van der Waals surface area (Å²) in [6, 6.07) is 6.94. The van der Waals surface area contributed by atoms with Gasteiger partial charge in [0, 0.05) is 31.6 Å². The van der Waals surface area contributed by atoms with Gasteiger partial charge >= 0.3 is 0 Å². The van der Waals surface area contributed by atoms with Gasteiger partial charge in [0.05, 0.1) is 13.2 Å². The van der Waals surface area contributed by atoms with Crippen molar-refractivity contribution in [2.24, 2.45) is 0 Å². The predicted octanol–water partition coefficient (Wildman–Crippen LogP) is 2.48. The summed E-state index contributed by atoms with van der Waals surface area (Å²) < 4.78 is 18.9. The number of hydrogen-bond donors (Lipinski definition) is 1. The standard InChI is InChI=1S/C18H25FN2O2/c19-15-5-3-4-14(10-15)12-21(17-6-1-2-7-17)18(22)11-16-13-23-9-8-20-16/h3-5,10,16-17,20H,1-2,6-9,11-13H2. The summed E-state index contributed by atoms with van der Waals surface area (Å²) in [5.74, 6) is -0.104. The van der Waals surface area contributed by atoms with Crippen molar-refractivity contribution in [3.8, 4) is 0 Å². The van der Waals surface area contributed by atoms with Crippen LogP contribution in [0.25, 0.3) is 0 Å². The molecule has 1 saturated heterocycles. The van der Waals surface area contributed by atoms with Crippen molar-refractivity contribution in [1.29, 1.82) is 0 Å². The number of nitrogens with zero attached hydrogens (tertiary/aromatic N) is 1. The van der Waals surface area contributed by atoms with Gasteiger partial charge in [0.15, 0.2) is 0 Å². The molecule has 5 heteroatoms. The Kier molecular flexibility index (Phi) is 5.62. The van der Waals surface area contributed by atoms with Crippen molar-refractivity contribution in [3.05, 3.63) is 35.6 Å². The molecule has 1 aromatic carbocycles. The van der Waals surface area contributed by atoms with E-state index in [0.717, 1.165) is 24.9 Å². The molecule has 126 valence electrons. The molecule has 1 aliphatic carbocycles. The highest BCUT2D eigenvalue weighted by molar-refractivity contribution is 5.77. The first kappa shape index (κ1) is 16.4. The third-order valence-electron chi connectivity index (χ3n) is 4.75. The zero-order chi connectivity index (χ0) is 16.1. The van der Waals surface area contributed by atoms with Crippen molar-refractivity contribution in [3.63, 3.8) is 0 Å². The molecule has 4 nitrogen and oxygen atoms in total.